The van der Waals surface area contributed by atoms with Crippen molar-refractivity contribution in [3.63, 3.8) is 0 Å². The third kappa shape index (κ3) is 2.85. The van der Waals surface area contributed by atoms with Gasteiger partial charge < -0.3 is 15.7 Å². The van der Waals surface area contributed by atoms with E-state index in [0.29, 0.717) is 18.0 Å². The van der Waals surface area contributed by atoms with Crippen molar-refractivity contribution >= 4 is 32.2 Å². The zero-order valence-corrected chi connectivity index (χ0v) is 12.5. The van der Waals surface area contributed by atoms with Gasteiger partial charge in [-0.3, -0.25) is 0 Å². The molecule has 0 amide bonds. The molecule has 0 radical (unpaired) electrons. The monoisotopic (exact) mass is 305 g/mol. The fraction of sp³-hybridized carbons (Fsp3) is 0.727. The maximum atomic E-state index is 12.3. The quantitative estimate of drug-likeness (QED) is 0.832. The molecule has 1 aromatic heterocycles. The van der Waals surface area contributed by atoms with E-state index in [1.54, 1.807) is 0 Å². The number of nitrogens with zero attached hydrogens (tertiary/aromatic N) is 2. The highest BCUT2D eigenvalue weighted by atomic mass is 32.2. The second kappa shape index (κ2) is 5.64. The van der Waals surface area contributed by atoms with E-state index in [1.807, 2.05) is 11.8 Å². The molecule has 0 aliphatic carbocycles. The molecule has 1 aliphatic rings. The van der Waals surface area contributed by atoms with Gasteiger partial charge in [-0.05, 0) is 24.4 Å². The van der Waals surface area contributed by atoms with Crippen LogP contribution in [0.15, 0.2) is 4.90 Å². The standard InChI is InChI=1S/C11H19N3O3S2/c1-2-5-19(16,17)9-10(12)13-18-11(9)14-4-3-8(6-14)7-15/h8,15H,2-7H2,1H3,(H2,12,13). The van der Waals surface area contributed by atoms with E-state index < -0.39 is 9.84 Å². The van der Waals surface area contributed by atoms with Crippen molar-refractivity contribution in [3.05, 3.63) is 0 Å². The Morgan fingerprint density at radius 1 is 1.58 bits per heavy atom. The van der Waals surface area contributed by atoms with E-state index in [4.69, 9.17) is 10.8 Å². The Bertz CT molecular complexity index is 541. The second-order valence-electron chi connectivity index (χ2n) is 4.80. The minimum absolute atomic E-state index is 0.0832. The molecular formula is C11H19N3O3S2. The molecule has 1 fully saturated rings. The third-order valence-electron chi connectivity index (χ3n) is 3.27. The van der Waals surface area contributed by atoms with Crippen molar-refractivity contribution in [1.82, 2.24) is 4.37 Å². The Balaban J connectivity index is 2.33. The highest BCUT2D eigenvalue weighted by Crippen LogP contribution is 2.37. The molecule has 0 aromatic carbocycles. The molecule has 108 valence electrons. The van der Waals surface area contributed by atoms with Gasteiger partial charge in [0.05, 0.1) is 5.75 Å². The predicted octanol–water partition coefficient (Wildman–Crippen LogP) is 0.728. The molecule has 8 heteroatoms. The summed E-state index contributed by atoms with van der Waals surface area (Å²) in [6.07, 6.45) is 1.41. The number of anilines is 2. The predicted molar refractivity (Wildman–Crippen MR) is 76.3 cm³/mol. The number of nitrogens with two attached hydrogens (primary N) is 1. The number of rotatable bonds is 5. The van der Waals surface area contributed by atoms with E-state index in [-0.39, 0.29) is 29.0 Å². The summed E-state index contributed by atoms with van der Waals surface area (Å²) in [6, 6.07) is 0. The largest absolute Gasteiger partial charge is 0.396 e. The van der Waals surface area contributed by atoms with Gasteiger partial charge >= 0.3 is 0 Å². The van der Waals surface area contributed by atoms with Crippen LogP contribution in [0, 0.1) is 5.92 Å². The summed E-state index contributed by atoms with van der Waals surface area (Å²) in [5.74, 6) is 0.380. The second-order valence-corrected chi connectivity index (χ2v) is 7.60. The van der Waals surface area contributed by atoms with Crippen LogP contribution in [0.25, 0.3) is 0 Å². The van der Waals surface area contributed by atoms with Crippen LogP contribution in [0.1, 0.15) is 19.8 Å². The summed E-state index contributed by atoms with van der Waals surface area (Å²) >= 11 is 1.13. The molecule has 1 aromatic rings. The first kappa shape index (κ1) is 14.5. The number of hydrogen-bond donors (Lipinski definition) is 2. The van der Waals surface area contributed by atoms with Crippen molar-refractivity contribution in [1.29, 1.82) is 0 Å². The van der Waals surface area contributed by atoms with Gasteiger partial charge in [0.1, 0.15) is 9.90 Å². The zero-order valence-electron chi connectivity index (χ0n) is 10.9. The lowest BCUT2D eigenvalue weighted by molar-refractivity contribution is 0.238. The van der Waals surface area contributed by atoms with Crippen molar-refractivity contribution in [2.24, 2.45) is 5.92 Å². The summed E-state index contributed by atoms with van der Waals surface area (Å²) in [5.41, 5.74) is 5.74. The average molecular weight is 305 g/mol. The number of nitrogen functional groups attached to an aromatic ring is 1. The molecule has 2 rings (SSSR count). The maximum absolute atomic E-state index is 12.3. The molecule has 1 aliphatic heterocycles. The number of sulfone groups is 1. The van der Waals surface area contributed by atoms with Crippen LogP contribution in [-0.4, -0.2) is 43.3 Å². The van der Waals surface area contributed by atoms with Gasteiger partial charge in [0.2, 0.25) is 0 Å². The molecule has 1 atom stereocenters. The molecule has 0 saturated carbocycles. The van der Waals surface area contributed by atoms with Crippen LogP contribution in [0.2, 0.25) is 0 Å². The highest BCUT2D eigenvalue weighted by Gasteiger charge is 2.31. The Hall–Kier alpha value is -0.860. The lowest BCUT2D eigenvalue weighted by Gasteiger charge is -2.17. The van der Waals surface area contributed by atoms with Gasteiger partial charge in [-0.2, -0.15) is 4.37 Å². The van der Waals surface area contributed by atoms with Crippen molar-refractivity contribution < 1.29 is 13.5 Å². The Morgan fingerprint density at radius 2 is 2.32 bits per heavy atom. The molecule has 3 N–H and O–H groups in total. The average Bonchev–Trinajstić information content (AvgIpc) is 2.94. The normalized spacial score (nSPS) is 20.1. The van der Waals surface area contributed by atoms with Crippen molar-refractivity contribution in [3.8, 4) is 0 Å². The van der Waals surface area contributed by atoms with Crippen LogP contribution in [0.5, 0.6) is 0 Å². The van der Waals surface area contributed by atoms with Gasteiger partial charge in [0, 0.05) is 25.6 Å². The van der Waals surface area contributed by atoms with E-state index in [9.17, 15) is 8.42 Å². The molecule has 1 saturated heterocycles. The molecule has 2 heterocycles. The van der Waals surface area contributed by atoms with Crippen LogP contribution >= 0.6 is 11.5 Å². The maximum Gasteiger partial charge on any atom is 0.185 e. The fourth-order valence-corrected chi connectivity index (χ4v) is 5.11. The smallest absolute Gasteiger partial charge is 0.185 e. The minimum Gasteiger partial charge on any atom is -0.396 e. The van der Waals surface area contributed by atoms with Crippen molar-refractivity contribution in [2.45, 2.75) is 24.7 Å². The van der Waals surface area contributed by atoms with Gasteiger partial charge in [0.25, 0.3) is 0 Å². The van der Waals surface area contributed by atoms with Gasteiger partial charge in [-0.25, -0.2) is 8.42 Å². The van der Waals surface area contributed by atoms with Gasteiger partial charge in [0.15, 0.2) is 15.7 Å². The number of aromatic nitrogens is 1. The number of hydrogen-bond acceptors (Lipinski definition) is 7. The van der Waals surface area contributed by atoms with E-state index in [1.165, 1.54) is 0 Å². The summed E-state index contributed by atoms with van der Waals surface area (Å²) in [5, 5.41) is 9.79. The molecular weight excluding hydrogens is 286 g/mol. The molecule has 0 spiro atoms. The Kier molecular flexibility index (Phi) is 4.32. The first-order valence-corrected chi connectivity index (χ1v) is 8.75. The van der Waals surface area contributed by atoms with E-state index in [0.717, 1.165) is 24.5 Å². The molecule has 0 bridgehead atoms. The number of aliphatic hydroxyl groups is 1. The van der Waals surface area contributed by atoms with E-state index >= 15 is 0 Å². The molecule has 6 nitrogen and oxygen atoms in total. The topological polar surface area (TPSA) is 96.5 Å². The lowest BCUT2D eigenvalue weighted by Crippen LogP contribution is -2.22. The third-order valence-corrected chi connectivity index (χ3v) is 6.30. The fourth-order valence-electron chi connectivity index (χ4n) is 2.32. The Labute approximate surface area is 117 Å². The Morgan fingerprint density at radius 3 is 2.89 bits per heavy atom. The van der Waals surface area contributed by atoms with Crippen LogP contribution < -0.4 is 10.6 Å². The molecule has 19 heavy (non-hydrogen) atoms. The van der Waals surface area contributed by atoms with Crippen LogP contribution in [0.4, 0.5) is 10.8 Å². The number of aliphatic hydroxyl groups excluding tert-OH is 1. The molecule has 1 unspecified atom stereocenters. The first-order chi connectivity index (χ1) is 8.99. The van der Waals surface area contributed by atoms with Crippen LogP contribution in [0.3, 0.4) is 0 Å². The van der Waals surface area contributed by atoms with Gasteiger partial charge in [-0.1, -0.05) is 6.92 Å². The zero-order chi connectivity index (χ0) is 14.0. The van der Waals surface area contributed by atoms with Crippen LogP contribution in [-0.2, 0) is 9.84 Å². The summed E-state index contributed by atoms with van der Waals surface area (Å²) in [6.45, 7) is 3.35. The summed E-state index contributed by atoms with van der Waals surface area (Å²) in [7, 11) is -3.37. The highest BCUT2D eigenvalue weighted by molar-refractivity contribution is 7.91. The van der Waals surface area contributed by atoms with Gasteiger partial charge in [-0.15, -0.1) is 0 Å². The summed E-state index contributed by atoms with van der Waals surface area (Å²) in [4.78, 5) is 2.15. The first-order valence-electron chi connectivity index (χ1n) is 6.33. The van der Waals surface area contributed by atoms with Crippen molar-refractivity contribution in [2.75, 3.05) is 36.1 Å². The lowest BCUT2D eigenvalue weighted by atomic mass is 10.1. The summed E-state index contributed by atoms with van der Waals surface area (Å²) < 4.78 is 28.5. The minimum atomic E-state index is -3.37. The van der Waals surface area contributed by atoms with E-state index in [2.05, 4.69) is 4.37 Å². The SMILES string of the molecule is CCCS(=O)(=O)c1c(N)nsc1N1CCC(CO)C1.